The number of methoxy groups -OCH3 is 1. The van der Waals surface area contributed by atoms with E-state index < -0.39 is 18.3 Å². The normalized spacial score (nSPS) is 18.6. The van der Waals surface area contributed by atoms with Crippen molar-refractivity contribution in [3.63, 3.8) is 0 Å². The van der Waals surface area contributed by atoms with E-state index in [1.807, 2.05) is 0 Å². The first-order valence-corrected chi connectivity index (χ1v) is 2.74. The van der Waals surface area contributed by atoms with E-state index in [-0.39, 0.29) is 0 Å². The predicted octanol–water partition coefficient (Wildman–Crippen LogP) is 0.911. The standard InChI is InChI=1S/C5H10F3NO/c1-3(9)4(10-2)5(6,7)8/h3-4H,9H2,1-2H3. The SMILES string of the molecule is COC(C(C)N)C(F)(F)F. The summed E-state index contributed by atoms with van der Waals surface area (Å²) in [5.74, 6) is 0. The van der Waals surface area contributed by atoms with Crippen molar-refractivity contribution >= 4 is 0 Å². The topological polar surface area (TPSA) is 35.2 Å². The first-order chi connectivity index (χ1) is 4.39. The molecule has 0 fully saturated rings. The molecule has 0 amide bonds. The molecule has 2 nitrogen and oxygen atoms in total. The Balaban J connectivity index is 4.07. The van der Waals surface area contributed by atoms with Gasteiger partial charge in [-0.25, -0.2) is 0 Å². The molecule has 5 heteroatoms. The van der Waals surface area contributed by atoms with E-state index in [0.717, 1.165) is 7.11 Å². The quantitative estimate of drug-likeness (QED) is 0.646. The highest BCUT2D eigenvalue weighted by molar-refractivity contribution is 4.75. The number of ether oxygens (including phenoxy) is 1. The summed E-state index contributed by atoms with van der Waals surface area (Å²) in [6.07, 6.45) is -6.21. The molecule has 2 N–H and O–H groups in total. The second-order valence-electron chi connectivity index (χ2n) is 2.06. The highest BCUT2D eigenvalue weighted by Gasteiger charge is 2.42. The molecule has 0 radical (unpaired) electrons. The van der Waals surface area contributed by atoms with Gasteiger partial charge in [0.05, 0.1) is 0 Å². The number of alkyl halides is 3. The zero-order chi connectivity index (χ0) is 8.36. The zero-order valence-electron chi connectivity index (χ0n) is 5.77. The zero-order valence-corrected chi connectivity index (χ0v) is 5.77. The highest BCUT2D eigenvalue weighted by Crippen LogP contribution is 2.23. The molecule has 0 saturated heterocycles. The lowest BCUT2D eigenvalue weighted by atomic mass is 10.2. The first-order valence-electron chi connectivity index (χ1n) is 2.74. The van der Waals surface area contributed by atoms with Gasteiger partial charge in [-0.2, -0.15) is 13.2 Å². The van der Waals surface area contributed by atoms with Gasteiger partial charge in [0, 0.05) is 13.2 Å². The molecule has 0 aliphatic heterocycles. The summed E-state index contributed by atoms with van der Waals surface area (Å²) in [4.78, 5) is 0. The fourth-order valence-electron chi connectivity index (χ4n) is 0.646. The summed E-state index contributed by atoms with van der Waals surface area (Å²) in [6.45, 7) is 1.25. The van der Waals surface area contributed by atoms with Crippen LogP contribution in [0.2, 0.25) is 0 Å². The molecule has 2 atom stereocenters. The van der Waals surface area contributed by atoms with Gasteiger partial charge in [-0.15, -0.1) is 0 Å². The van der Waals surface area contributed by atoms with Gasteiger partial charge in [0.1, 0.15) is 0 Å². The summed E-state index contributed by atoms with van der Waals surface area (Å²) in [6, 6.07) is -1.02. The van der Waals surface area contributed by atoms with E-state index in [1.165, 1.54) is 6.92 Å². The molecule has 0 saturated carbocycles. The van der Waals surface area contributed by atoms with Gasteiger partial charge >= 0.3 is 6.18 Å². The minimum atomic E-state index is -4.36. The molecule has 62 valence electrons. The second kappa shape index (κ2) is 3.21. The Morgan fingerprint density at radius 2 is 1.80 bits per heavy atom. The summed E-state index contributed by atoms with van der Waals surface area (Å²) in [5.41, 5.74) is 4.99. The van der Waals surface area contributed by atoms with Crippen molar-refractivity contribution in [2.24, 2.45) is 5.73 Å². The van der Waals surface area contributed by atoms with Crippen LogP contribution in [-0.2, 0) is 4.74 Å². The molecule has 0 rings (SSSR count). The van der Waals surface area contributed by atoms with Crippen LogP contribution < -0.4 is 5.73 Å². The summed E-state index contributed by atoms with van der Waals surface area (Å²) in [7, 11) is 0.988. The molecule has 0 aliphatic rings. The van der Waals surface area contributed by atoms with Crippen molar-refractivity contribution in [3.05, 3.63) is 0 Å². The van der Waals surface area contributed by atoms with Crippen LogP contribution in [0.15, 0.2) is 0 Å². The van der Waals surface area contributed by atoms with Crippen molar-refractivity contribution in [1.82, 2.24) is 0 Å². The molecule has 0 aliphatic carbocycles. The van der Waals surface area contributed by atoms with Crippen molar-refractivity contribution in [3.8, 4) is 0 Å². The summed E-state index contributed by atoms with van der Waals surface area (Å²) < 4.78 is 39.4. The lowest BCUT2D eigenvalue weighted by Gasteiger charge is -2.21. The number of rotatable bonds is 2. The van der Waals surface area contributed by atoms with Gasteiger partial charge in [0.25, 0.3) is 0 Å². The largest absolute Gasteiger partial charge is 0.416 e. The van der Waals surface area contributed by atoms with E-state index in [1.54, 1.807) is 0 Å². The molecule has 0 bridgehead atoms. The Morgan fingerprint density at radius 3 is 1.80 bits per heavy atom. The van der Waals surface area contributed by atoms with Crippen LogP contribution in [-0.4, -0.2) is 25.4 Å². The highest BCUT2D eigenvalue weighted by atomic mass is 19.4. The molecule has 0 aromatic heterocycles. The van der Waals surface area contributed by atoms with E-state index in [2.05, 4.69) is 4.74 Å². The molecule has 0 spiro atoms. The van der Waals surface area contributed by atoms with Gasteiger partial charge < -0.3 is 10.5 Å². The Labute approximate surface area is 57.1 Å². The maximum atomic E-state index is 11.8. The Kier molecular flexibility index (Phi) is 3.11. The van der Waals surface area contributed by atoms with Crippen LogP contribution in [0.1, 0.15) is 6.92 Å². The third kappa shape index (κ3) is 2.53. The molecule has 0 heterocycles. The third-order valence-corrected chi connectivity index (χ3v) is 1.05. The molecule has 0 aromatic rings. The Hall–Kier alpha value is -0.290. The van der Waals surface area contributed by atoms with Crippen LogP contribution in [0.25, 0.3) is 0 Å². The maximum Gasteiger partial charge on any atom is 0.416 e. The van der Waals surface area contributed by atoms with Gasteiger partial charge in [0.2, 0.25) is 0 Å². The molecule has 10 heavy (non-hydrogen) atoms. The summed E-state index contributed by atoms with van der Waals surface area (Å²) in [5, 5.41) is 0. The van der Waals surface area contributed by atoms with E-state index >= 15 is 0 Å². The van der Waals surface area contributed by atoms with E-state index in [0.29, 0.717) is 0 Å². The molecular formula is C5H10F3NO. The minimum Gasteiger partial charge on any atom is -0.370 e. The predicted molar refractivity (Wildman–Crippen MR) is 30.5 cm³/mol. The average molecular weight is 157 g/mol. The van der Waals surface area contributed by atoms with Gasteiger partial charge in [-0.3, -0.25) is 0 Å². The Morgan fingerprint density at radius 1 is 1.40 bits per heavy atom. The smallest absolute Gasteiger partial charge is 0.370 e. The minimum absolute atomic E-state index is 0.988. The van der Waals surface area contributed by atoms with E-state index in [9.17, 15) is 13.2 Å². The van der Waals surface area contributed by atoms with Crippen LogP contribution in [0.3, 0.4) is 0 Å². The van der Waals surface area contributed by atoms with Crippen LogP contribution in [0.5, 0.6) is 0 Å². The fraction of sp³-hybridized carbons (Fsp3) is 1.00. The number of nitrogens with two attached hydrogens (primary N) is 1. The van der Waals surface area contributed by atoms with Crippen LogP contribution in [0, 0.1) is 0 Å². The Bertz CT molecular complexity index is 102. The number of halogens is 3. The first kappa shape index (κ1) is 9.71. The fourth-order valence-corrected chi connectivity index (χ4v) is 0.646. The lowest BCUT2D eigenvalue weighted by Crippen LogP contribution is -2.44. The third-order valence-electron chi connectivity index (χ3n) is 1.05. The lowest BCUT2D eigenvalue weighted by molar-refractivity contribution is -0.217. The van der Waals surface area contributed by atoms with Gasteiger partial charge in [-0.05, 0) is 6.92 Å². The average Bonchev–Trinajstić information content (AvgIpc) is 1.60. The molecule has 0 aromatic carbocycles. The monoisotopic (exact) mass is 157 g/mol. The van der Waals surface area contributed by atoms with Crippen LogP contribution >= 0.6 is 0 Å². The van der Waals surface area contributed by atoms with Crippen molar-refractivity contribution < 1.29 is 17.9 Å². The van der Waals surface area contributed by atoms with Crippen molar-refractivity contribution in [1.29, 1.82) is 0 Å². The van der Waals surface area contributed by atoms with E-state index in [4.69, 9.17) is 5.73 Å². The summed E-state index contributed by atoms with van der Waals surface area (Å²) >= 11 is 0. The van der Waals surface area contributed by atoms with Crippen LogP contribution in [0.4, 0.5) is 13.2 Å². The van der Waals surface area contributed by atoms with Crippen molar-refractivity contribution in [2.75, 3.05) is 7.11 Å². The molecular weight excluding hydrogens is 147 g/mol. The second-order valence-corrected chi connectivity index (χ2v) is 2.06. The van der Waals surface area contributed by atoms with Crippen molar-refractivity contribution in [2.45, 2.75) is 25.2 Å². The number of hydrogen-bond acceptors (Lipinski definition) is 2. The van der Waals surface area contributed by atoms with Gasteiger partial charge in [-0.1, -0.05) is 0 Å². The van der Waals surface area contributed by atoms with Gasteiger partial charge in [0.15, 0.2) is 6.10 Å². The molecule has 2 unspecified atom stereocenters. The number of hydrogen-bond donors (Lipinski definition) is 1. The maximum absolute atomic E-state index is 11.8.